The van der Waals surface area contributed by atoms with Gasteiger partial charge in [0.1, 0.15) is 0 Å². The van der Waals surface area contributed by atoms with Gasteiger partial charge in [0.05, 0.1) is 21.2 Å². The highest BCUT2D eigenvalue weighted by atomic mass is 32.1. The third-order valence-corrected chi connectivity index (χ3v) is 5.92. The number of carbonyl (C=O) groups is 2. The summed E-state index contributed by atoms with van der Waals surface area (Å²) in [6, 6.07) is 8.00. The molecule has 0 fully saturated rings. The lowest BCUT2D eigenvalue weighted by Crippen LogP contribution is -2.21. The van der Waals surface area contributed by atoms with Crippen molar-refractivity contribution in [3.63, 3.8) is 0 Å². The molecule has 2 aromatic rings. The Morgan fingerprint density at radius 3 is 1.56 bits per heavy atom. The van der Waals surface area contributed by atoms with Crippen molar-refractivity contribution < 1.29 is 9.59 Å². The van der Waals surface area contributed by atoms with E-state index in [-0.39, 0.29) is 24.7 Å². The first-order valence-electron chi connectivity index (χ1n) is 8.65. The minimum atomic E-state index is -0.204. The lowest BCUT2D eigenvalue weighted by atomic mass is 10.2. The minimum absolute atomic E-state index is 0.204. The third-order valence-electron chi connectivity index (χ3n) is 3.70. The topological polar surface area (TPSA) is 82.9 Å². The molecule has 0 radical (unpaired) electrons. The maximum absolute atomic E-state index is 11.8. The Balaban J connectivity index is 1.69. The molecule has 0 aromatic carbocycles. The molecule has 0 aliphatic heterocycles. The van der Waals surface area contributed by atoms with Gasteiger partial charge in [-0.3, -0.25) is 9.59 Å². The van der Waals surface area contributed by atoms with Crippen LogP contribution in [-0.2, 0) is 9.59 Å². The zero-order chi connectivity index (χ0) is 19.8. The second-order valence-corrected chi connectivity index (χ2v) is 8.71. The van der Waals surface area contributed by atoms with E-state index in [9.17, 15) is 9.59 Å². The summed E-state index contributed by atoms with van der Waals surface area (Å²) in [5.41, 5.74) is 6.61. The van der Waals surface area contributed by atoms with E-state index in [1.54, 1.807) is 22.7 Å². The van der Waals surface area contributed by atoms with Crippen LogP contribution in [0.25, 0.3) is 0 Å². The number of hydrazone groups is 2. The molecule has 2 N–H and O–H groups in total. The lowest BCUT2D eigenvalue weighted by molar-refractivity contribution is -0.122. The SMILES string of the molecule is CC(=NNC(=O)CCCC(=O)NN=C(C)c1ccc(C)s1)c1ccc(C)s1. The van der Waals surface area contributed by atoms with E-state index in [1.807, 2.05) is 52.0 Å². The summed E-state index contributed by atoms with van der Waals surface area (Å²) in [6.07, 6.45) is 0.915. The molecule has 0 saturated heterocycles. The Kier molecular flexibility index (Phi) is 7.87. The van der Waals surface area contributed by atoms with Gasteiger partial charge in [-0.2, -0.15) is 10.2 Å². The summed E-state index contributed by atoms with van der Waals surface area (Å²) >= 11 is 3.26. The molecule has 0 aliphatic carbocycles. The van der Waals surface area contributed by atoms with E-state index in [1.165, 1.54) is 9.75 Å². The Labute approximate surface area is 167 Å². The van der Waals surface area contributed by atoms with Crippen molar-refractivity contribution in [1.82, 2.24) is 10.9 Å². The average molecular weight is 405 g/mol. The van der Waals surface area contributed by atoms with Crippen LogP contribution in [-0.4, -0.2) is 23.2 Å². The molecule has 2 amide bonds. The van der Waals surface area contributed by atoms with Crippen molar-refractivity contribution in [2.75, 3.05) is 0 Å². The van der Waals surface area contributed by atoms with Crippen LogP contribution in [0.5, 0.6) is 0 Å². The van der Waals surface area contributed by atoms with E-state index in [4.69, 9.17) is 0 Å². The van der Waals surface area contributed by atoms with E-state index in [0.717, 1.165) is 21.2 Å². The van der Waals surface area contributed by atoms with Gasteiger partial charge < -0.3 is 0 Å². The molecule has 0 atom stereocenters. The maximum atomic E-state index is 11.8. The summed E-state index contributed by atoms with van der Waals surface area (Å²) in [5, 5.41) is 8.21. The molecule has 8 heteroatoms. The van der Waals surface area contributed by atoms with E-state index in [0.29, 0.717) is 6.42 Å². The average Bonchev–Trinajstić information content (AvgIpc) is 3.26. The van der Waals surface area contributed by atoms with E-state index in [2.05, 4.69) is 21.1 Å². The molecule has 2 rings (SSSR count). The minimum Gasteiger partial charge on any atom is -0.273 e. The van der Waals surface area contributed by atoms with Crippen molar-refractivity contribution in [2.45, 2.75) is 47.0 Å². The largest absolute Gasteiger partial charge is 0.273 e. The summed E-state index contributed by atoms with van der Waals surface area (Å²) < 4.78 is 0. The second kappa shape index (κ2) is 10.1. The molecule has 2 heterocycles. The molecule has 27 heavy (non-hydrogen) atoms. The summed E-state index contributed by atoms with van der Waals surface area (Å²) in [5.74, 6) is -0.409. The van der Waals surface area contributed by atoms with Gasteiger partial charge in [0.2, 0.25) is 11.8 Å². The van der Waals surface area contributed by atoms with Crippen molar-refractivity contribution in [3.05, 3.63) is 43.8 Å². The zero-order valence-electron chi connectivity index (χ0n) is 16.0. The maximum Gasteiger partial charge on any atom is 0.240 e. The first-order valence-corrected chi connectivity index (χ1v) is 10.3. The van der Waals surface area contributed by atoms with Crippen molar-refractivity contribution in [2.24, 2.45) is 10.2 Å². The first-order chi connectivity index (χ1) is 12.8. The monoisotopic (exact) mass is 404 g/mol. The molecule has 0 spiro atoms. The zero-order valence-corrected chi connectivity index (χ0v) is 17.6. The number of hydrogen-bond acceptors (Lipinski definition) is 6. The fraction of sp³-hybridized carbons (Fsp3) is 0.368. The molecule has 0 saturated carbocycles. The van der Waals surface area contributed by atoms with Crippen LogP contribution >= 0.6 is 22.7 Å². The molecule has 0 bridgehead atoms. The number of rotatable bonds is 8. The van der Waals surface area contributed by atoms with Crippen LogP contribution in [0.15, 0.2) is 34.5 Å². The standard InChI is InChI=1S/C19H24N4O2S2/c1-12-8-10-16(26-12)14(3)20-22-18(24)6-5-7-19(25)23-21-15(4)17-11-9-13(2)27-17/h8-11H,5-7H2,1-4H3,(H,22,24)(H,23,25). The highest BCUT2D eigenvalue weighted by Crippen LogP contribution is 2.16. The van der Waals surface area contributed by atoms with Gasteiger partial charge in [-0.1, -0.05) is 0 Å². The van der Waals surface area contributed by atoms with Gasteiger partial charge in [-0.05, 0) is 58.4 Å². The number of hydrogen-bond donors (Lipinski definition) is 2. The summed E-state index contributed by atoms with van der Waals surface area (Å²) in [7, 11) is 0. The van der Waals surface area contributed by atoms with Crippen LogP contribution in [0.1, 0.15) is 52.6 Å². The third kappa shape index (κ3) is 7.07. The van der Waals surface area contributed by atoms with Gasteiger partial charge in [-0.25, -0.2) is 10.9 Å². The Hall–Kier alpha value is -2.32. The fourth-order valence-electron chi connectivity index (χ4n) is 2.18. The predicted octanol–water partition coefficient (Wildman–Crippen LogP) is 3.98. The van der Waals surface area contributed by atoms with E-state index >= 15 is 0 Å². The highest BCUT2D eigenvalue weighted by molar-refractivity contribution is 7.14. The quantitative estimate of drug-likeness (QED) is 0.515. The van der Waals surface area contributed by atoms with Crippen molar-refractivity contribution >= 4 is 45.9 Å². The van der Waals surface area contributed by atoms with Crippen LogP contribution < -0.4 is 10.9 Å². The van der Waals surface area contributed by atoms with Gasteiger partial charge in [0.15, 0.2) is 0 Å². The molecular formula is C19H24N4O2S2. The molecular weight excluding hydrogens is 380 g/mol. The van der Waals surface area contributed by atoms with Crippen molar-refractivity contribution in [1.29, 1.82) is 0 Å². The van der Waals surface area contributed by atoms with Crippen LogP contribution in [0.2, 0.25) is 0 Å². The normalized spacial score (nSPS) is 12.1. The van der Waals surface area contributed by atoms with Crippen molar-refractivity contribution in [3.8, 4) is 0 Å². The summed E-state index contributed by atoms with van der Waals surface area (Å²) in [6.45, 7) is 7.76. The van der Waals surface area contributed by atoms with E-state index < -0.39 is 0 Å². The number of carbonyl (C=O) groups excluding carboxylic acids is 2. The molecule has 144 valence electrons. The van der Waals surface area contributed by atoms with Crippen LogP contribution in [0, 0.1) is 13.8 Å². The van der Waals surface area contributed by atoms with Gasteiger partial charge in [0, 0.05) is 22.6 Å². The van der Waals surface area contributed by atoms with Gasteiger partial charge in [-0.15, -0.1) is 22.7 Å². The Morgan fingerprint density at radius 1 is 0.815 bits per heavy atom. The number of thiophene rings is 2. The molecule has 0 unspecified atom stereocenters. The molecule has 0 aliphatic rings. The van der Waals surface area contributed by atoms with Gasteiger partial charge in [0.25, 0.3) is 0 Å². The predicted molar refractivity (Wildman–Crippen MR) is 113 cm³/mol. The fourth-order valence-corrected chi connectivity index (χ4v) is 3.81. The molecule has 2 aromatic heterocycles. The van der Waals surface area contributed by atoms with Crippen LogP contribution in [0.4, 0.5) is 0 Å². The van der Waals surface area contributed by atoms with Crippen LogP contribution in [0.3, 0.4) is 0 Å². The number of nitrogens with zero attached hydrogens (tertiary/aromatic N) is 2. The number of aryl methyl sites for hydroxylation is 2. The van der Waals surface area contributed by atoms with Gasteiger partial charge >= 0.3 is 0 Å². The first kappa shape index (κ1) is 21.0. The summed E-state index contributed by atoms with van der Waals surface area (Å²) in [4.78, 5) is 28.1. The Morgan fingerprint density at radius 2 is 1.22 bits per heavy atom. The lowest BCUT2D eigenvalue weighted by Gasteiger charge is -2.03. The number of nitrogens with one attached hydrogen (secondary N) is 2. The number of amides is 2. The highest BCUT2D eigenvalue weighted by Gasteiger charge is 2.07. The second-order valence-electron chi connectivity index (χ2n) is 6.14. The molecule has 6 nitrogen and oxygen atoms in total. The smallest absolute Gasteiger partial charge is 0.240 e. The Bertz CT molecular complexity index is 794.